The van der Waals surface area contributed by atoms with Crippen molar-refractivity contribution in [2.45, 2.75) is 55.8 Å². The van der Waals surface area contributed by atoms with E-state index < -0.39 is 86.3 Å². The van der Waals surface area contributed by atoms with E-state index in [1.807, 2.05) is 0 Å². The number of aliphatic hydroxyl groups excluding tert-OH is 1. The molecule has 4 aliphatic rings. The van der Waals surface area contributed by atoms with Gasteiger partial charge in [-0.15, -0.1) is 0 Å². The Morgan fingerprint density at radius 1 is 1.11 bits per heavy atom. The van der Waals surface area contributed by atoms with E-state index in [1.54, 1.807) is 0 Å². The highest BCUT2D eigenvalue weighted by atomic mass is 127. The van der Waals surface area contributed by atoms with Crippen molar-refractivity contribution in [2.24, 2.45) is 29.4 Å². The highest BCUT2D eigenvalue weighted by Gasteiger charge is 2.70. The van der Waals surface area contributed by atoms with Crippen LogP contribution in [0.25, 0.3) is 0 Å². The molecule has 0 aromatic heterocycles. The summed E-state index contributed by atoms with van der Waals surface area (Å²) in [6.45, 7) is 0.199. The topological polar surface area (TPSA) is 201 Å². The molecule has 0 aliphatic heterocycles. The summed E-state index contributed by atoms with van der Waals surface area (Å²) in [5.41, 5.74) is 2.12. The number of carbonyl (C=O) groups excluding carboxylic acids is 6. The average Bonchev–Trinajstić information content (AvgIpc) is 3.37. The second kappa shape index (κ2) is 9.57. The molecule has 0 heterocycles. The molecule has 1 aromatic rings. The van der Waals surface area contributed by atoms with Gasteiger partial charge in [0.1, 0.15) is 5.75 Å². The zero-order chi connectivity index (χ0) is 27.7. The Bertz CT molecular complexity index is 1290. The third-order valence-electron chi connectivity index (χ3n) is 8.85. The van der Waals surface area contributed by atoms with Crippen LogP contribution in [0.3, 0.4) is 0 Å². The number of hydrogen-bond acceptors (Lipinski definition) is 10. The number of amides is 1. The minimum atomic E-state index is -2.99. The van der Waals surface area contributed by atoms with Gasteiger partial charge in [0, 0.05) is 59.4 Å². The molecule has 38 heavy (non-hydrogen) atoms. The summed E-state index contributed by atoms with van der Waals surface area (Å²) in [5.74, 6) is -13.8. The van der Waals surface area contributed by atoms with Crippen LogP contribution < -0.4 is 11.1 Å². The molecule has 0 saturated heterocycles. The Morgan fingerprint density at radius 2 is 1.76 bits per heavy atom. The predicted molar refractivity (Wildman–Crippen MR) is 138 cm³/mol. The molecule has 7 atom stereocenters. The number of hydrogen-bond donors (Lipinski definition) is 5. The number of phenols is 1. The van der Waals surface area contributed by atoms with Gasteiger partial charge >= 0.3 is 0 Å². The van der Waals surface area contributed by atoms with Crippen molar-refractivity contribution in [2.75, 3.05) is 6.54 Å². The number of aliphatic hydroxyl groups is 2. The molecule has 3 saturated carbocycles. The van der Waals surface area contributed by atoms with Gasteiger partial charge in [0.2, 0.25) is 9.70 Å². The number of primary amides is 1. The van der Waals surface area contributed by atoms with Gasteiger partial charge in [0.05, 0.1) is 23.1 Å². The Labute approximate surface area is 230 Å². The number of ketones is 4. The largest absolute Gasteiger partial charge is 0.506 e. The first kappa shape index (κ1) is 27.0. The highest BCUT2D eigenvalue weighted by molar-refractivity contribution is 14.1. The molecule has 0 spiro atoms. The zero-order valence-corrected chi connectivity index (χ0v) is 22.3. The molecule has 1 aromatic carbocycles. The molecule has 4 aliphatic carbocycles. The third-order valence-corrected chi connectivity index (χ3v) is 9.43. The summed E-state index contributed by atoms with van der Waals surface area (Å²) < 4.78 is -0.544. The first-order valence-electron chi connectivity index (χ1n) is 12.6. The molecule has 11 nitrogen and oxygen atoms in total. The Balaban J connectivity index is 1.66. The molecule has 202 valence electrons. The fourth-order valence-corrected chi connectivity index (χ4v) is 7.43. The Kier molecular flexibility index (Phi) is 6.81. The van der Waals surface area contributed by atoms with E-state index in [0.29, 0.717) is 5.56 Å². The van der Waals surface area contributed by atoms with Crippen LogP contribution in [0.1, 0.15) is 64.3 Å². The average molecular weight is 638 g/mol. The van der Waals surface area contributed by atoms with E-state index in [2.05, 4.69) is 5.32 Å². The summed E-state index contributed by atoms with van der Waals surface area (Å²) in [7, 11) is 0. The fourth-order valence-electron chi connectivity index (χ4n) is 7.00. The van der Waals surface area contributed by atoms with Crippen molar-refractivity contribution in [1.82, 2.24) is 5.32 Å². The number of phenolic OH excluding ortho intramolecular Hbond substituents is 1. The highest BCUT2D eigenvalue weighted by Crippen LogP contribution is 2.54. The van der Waals surface area contributed by atoms with Crippen LogP contribution in [0, 0.1) is 23.7 Å². The van der Waals surface area contributed by atoms with Gasteiger partial charge in [-0.05, 0) is 24.5 Å². The van der Waals surface area contributed by atoms with E-state index in [4.69, 9.17) is 5.73 Å². The normalized spacial score (nSPS) is 35.0. The summed E-state index contributed by atoms with van der Waals surface area (Å²) >= 11 is 1.46. The SMILES string of the molecule is NC(=O)C1C(=O)C[C@@H]2[C@@H](O)[C@H]3C(C(=O)c4c(ccc(C(=O)I)c4O)[C@@H]3CNC3CCCC3)C(=O)[C@]2(O)C1=O. The minimum absolute atomic E-state index is 0.146. The maximum absolute atomic E-state index is 13.9. The quantitative estimate of drug-likeness (QED) is 0.165. The second-order valence-corrected chi connectivity index (χ2v) is 11.7. The molecule has 0 radical (unpaired) electrons. The third kappa shape index (κ3) is 3.79. The number of Topliss-reactive ketones (excluding diaryl/α,β-unsaturated/α-hetero) is 4. The van der Waals surface area contributed by atoms with Crippen molar-refractivity contribution >= 4 is 55.4 Å². The standard InChI is InChI=1S/C26H27IN2O9/c27-24(36)11-6-5-10-12(8-29-9-3-1-2-4-9)15-18(21(33)16(10)19(11)31)23(35)26(38)13(20(15)32)7-14(30)17(22(26)34)25(28)37/h5-6,9,12-13,15,17-18,20,29,31-32,38H,1-4,7-8H2,(H2,28,37)/t12-,13+,15+,17?,18?,20+,26+/m0/s1. The van der Waals surface area contributed by atoms with E-state index in [1.165, 1.54) is 34.7 Å². The van der Waals surface area contributed by atoms with Crippen LogP contribution in [0.15, 0.2) is 12.1 Å². The zero-order valence-electron chi connectivity index (χ0n) is 20.2. The summed E-state index contributed by atoms with van der Waals surface area (Å²) in [6, 6.07) is 3.05. The summed E-state index contributed by atoms with van der Waals surface area (Å²) in [6.07, 6.45) is 1.61. The lowest BCUT2D eigenvalue weighted by atomic mass is 9.50. The summed E-state index contributed by atoms with van der Waals surface area (Å²) in [5, 5.41) is 37.3. The maximum Gasteiger partial charge on any atom is 0.235 e. The molecule has 6 N–H and O–H groups in total. The maximum atomic E-state index is 13.9. The van der Waals surface area contributed by atoms with Crippen LogP contribution in [-0.2, 0) is 19.2 Å². The van der Waals surface area contributed by atoms with Crippen molar-refractivity contribution in [3.63, 3.8) is 0 Å². The number of benzene rings is 1. The van der Waals surface area contributed by atoms with Crippen molar-refractivity contribution in [1.29, 1.82) is 0 Å². The molecular formula is C26H27IN2O9. The smallest absolute Gasteiger partial charge is 0.235 e. The number of nitrogens with one attached hydrogen (secondary N) is 1. The van der Waals surface area contributed by atoms with Gasteiger partial charge < -0.3 is 26.4 Å². The molecule has 0 bridgehead atoms. The minimum Gasteiger partial charge on any atom is -0.506 e. The number of nitrogens with two attached hydrogens (primary N) is 1. The monoisotopic (exact) mass is 638 g/mol. The van der Waals surface area contributed by atoms with Gasteiger partial charge in [-0.25, -0.2) is 0 Å². The van der Waals surface area contributed by atoms with Gasteiger partial charge in [0.25, 0.3) is 0 Å². The number of rotatable bonds is 5. The lowest BCUT2D eigenvalue weighted by molar-refractivity contribution is -0.189. The van der Waals surface area contributed by atoms with Crippen molar-refractivity contribution in [3.05, 3.63) is 28.8 Å². The predicted octanol–water partition coefficient (Wildman–Crippen LogP) is -0.0538. The van der Waals surface area contributed by atoms with Crippen LogP contribution in [0.2, 0.25) is 0 Å². The van der Waals surface area contributed by atoms with Crippen LogP contribution >= 0.6 is 22.6 Å². The molecule has 12 heteroatoms. The Morgan fingerprint density at radius 3 is 2.37 bits per heavy atom. The van der Waals surface area contributed by atoms with Crippen molar-refractivity contribution < 1.29 is 44.1 Å². The van der Waals surface area contributed by atoms with E-state index in [0.717, 1.165) is 25.7 Å². The molecule has 3 fully saturated rings. The molecule has 2 unspecified atom stereocenters. The first-order valence-corrected chi connectivity index (χ1v) is 13.6. The van der Waals surface area contributed by atoms with Gasteiger partial charge in [-0.1, -0.05) is 18.9 Å². The molecule has 5 rings (SSSR count). The van der Waals surface area contributed by atoms with Gasteiger partial charge in [0.15, 0.2) is 34.7 Å². The first-order chi connectivity index (χ1) is 17.9. The van der Waals surface area contributed by atoms with Gasteiger partial charge in [-0.2, -0.15) is 0 Å². The molecule has 1 amide bonds. The van der Waals surface area contributed by atoms with Crippen LogP contribution in [-0.4, -0.2) is 72.4 Å². The lowest BCUT2D eigenvalue weighted by Crippen LogP contribution is -2.72. The number of carbonyl (C=O) groups is 6. The Hall–Kier alpha value is -2.55. The number of halogens is 1. The van der Waals surface area contributed by atoms with E-state index in [9.17, 15) is 44.1 Å². The van der Waals surface area contributed by atoms with Crippen LogP contribution in [0.5, 0.6) is 5.75 Å². The second-order valence-electron chi connectivity index (χ2n) is 10.7. The number of aromatic hydroxyl groups is 1. The van der Waals surface area contributed by atoms with E-state index in [-0.39, 0.29) is 23.7 Å². The van der Waals surface area contributed by atoms with E-state index >= 15 is 0 Å². The lowest BCUT2D eigenvalue weighted by Gasteiger charge is -2.53. The fraction of sp³-hybridized carbons (Fsp3) is 0.538. The van der Waals surface area contributed by atoms with Crippen molar-refractivity contribution in [3.8, 4) is 5.75 Å². The summed E-state index contributed by atoms with van der Waals surface area (Å²) in [4.78, 5) is 77.4. The molecular weight excluding hydrogens is 611 g/mol. The van der Waals surface area contributed by atoms with Gasteiger partial charge in [-0.3, -0.25) is 28.8 Å². The number of fused-ring (bicyclic) bond motifs is 3. The van der Waals surface area contributed by atoms with Crippen LogP contribution in [0.4, 0.5) is 0 Å².